The van der Waals surface area contributed by atoms with E-state index in [1.165, 1.54) is 21.0 Å². The Kier molecular flexibility index (Phi) is 3.16. The second kappa shape index (κ2) is 4.40. The molecular weight excluding hydrogens is 251 g/mol. The van der Waals surface area contributed by atoms with Gasteiger partial charge in [-0.25, -0.2) is 4.39 Å². The van der Waals surface area contributed by atoms with Gasteiger partial charge in [-0.3, -0.25) is 4.79 Å². The minimum Gasteiger partial charge on any atom is -0.504 e. The van der Waals surface area contributed by atoms with Crippen molar-refractivity contribution in [1.29, 1.82) is 0 Å². The zero-order valence-electron chi connectivity index (χ0n) is 11.2. The molecule has 1 aliphatic rings. The summed E-state index contributed by atoms with van der Waals surface area (Å²) in [6, 6.07) is 0. The van der Waals surface area contributed by atoms with Gasteiger partial charge in [0.2, 0.25) is 0 Å². The van der Waals surface area contributed by atoms with Gasteiger partial charge in [-0.2, -0.15) is 0 Å². The van der Waals surface area contributed by atoms with Crippen LogP contribution < -0.4 is 4.74 Å². The summed E-state index contributed by atoms with van der Waals surface area (Å²) in [6.07, 6.45) is 1.56. The fourth-order valence-electron chi connectivity index (χ4n) is 2.90. The topological polar surface area (TPSA) is 66.8 Å². The van der Waals surface area contributed by atoms with Gasteiger partial charge in [0, 0.05) is 11.1 Å². The lowest BCUT2D eigenvalue weighted by molar-refractivity contribution is -0.147. The summed E-state index contributed by atoms with van der Waals surface area (Å²) in [5, 5.41) is 19.7. The summed E-state index contributed by atoms with van der Waals surface area (Å²) in [5.74, 6) is -1.77. The van der Waals surface area contributed by atoms with E-state index in [9.17, 15) is 19.4 Å². The third kappa shape index (κ3) is 1.68. The van der Waals surface area contributed by atoms with Gasteiger partial charge in [-0.15, -0.1) is 0 Å². The largest absolute Gasteiger partial charge is 0.504 e. The van der Waals surface area contributed by atoms with E-state index in [1.807, 2.05) is 0 Å². The van der Waals surface area contributed by atoms with E-state index in [0.717, 1.165) is 6.42 Å². The number of carboxylic acids is 1. The fraction of sp³-hybridized carbons (Fsp3) is 0.500. The number of ether oxygens (including phenoxy) is 1. The highest BCUT2D eigenvalue weighted by Gasteiger charge is 2.49. The van der Waals surface area contributed by atoms with Gasteiger partial charge in [-0.1, -0.05) is 6.42 Å². The van der Waals surface area contributed by atoms with Crippen molar-refractivity contribution in [3.8, 4) is 11.5 Å². The summed E-state index contributed by atoms with van der Waals surface area (Å²) in [6.45, 7) is 3.00. The normalized spacial score (nSPS) is 16.8. The van der Waals surface area contributed by atoms with Gasteiger partial charge < -0.3 is 14.9 Å². The van der Waals surface area contributed by atoms with Crippen LogP contribution in [0, 0.1) is 19.7 Å². The van der Waals surface area contributed by atoms with Crippen molar-refractivity contribution in [3.05, 3.63) is 22.5 Å². The lowest BCUT2D eigenvalue weighted by Crippen LogP contribution is -2.43. The Hall–Kier alpha value is -1.78. The van der Waals surface area contributed by atoms with E-state index in [2.05, 4.69) is 0 Å². The van der Waals surface area contributed by atoms with Gasteiger partial charge in [0.15, 0.2) is 11.5 Å². The average molecular weight is 268 g/mol. The van der Waals surface area contributed by atoms with E-state index in [4.69, 9.17) is 4.74 Å². The van der Waals surface area contributed by atoms with Crippen molar-refractivity contribution in [1.82, 2.24) is 0 Å². The molecule has 0 unspecified atom stereocenters. The molecule has 0 heterocycles. The van der Waals surface area contributed by atoms with Crippen LogP contribution in [0.5, 0.6) is 11.5 Å². The Balaban J connectivity index is 2.77. The minimum absolute atomic E-state index is 0.0191. The highest BCUT2D eigenvalue weighted by molar-refractivity contribution is 5.85. The van der Waals surface area contributed by atoms with Crippen molar-refractivity contribution in [2.75, 3.05) is 7.11 Å². The molecule has 4 nitrogen and oxygen atoms in total. The number of methoxy groups -OCH3 is 1. The first-order valence-corrected chi connectivity index (χ1v) is 6.16. The smallest absolute Gasteiger partial charge is 0.314 e. The maximum atomic E-state index is 14.2. The number of halogens is 1. The molecule has 0 saturated heterocycles. The summed E-state index contributed by atoms with van der Waals surface area (Å²) >= 11 is 0. The van der Waals surface area contributed by atoms with Gasteiger partial charge >= 0.3 is 5.97 Å². The number of phenols is 1. The molecule has 104 valence electrons. The third-order valence-electron chi connectivity index (χ3n) is 4.13. The van der Waals surface area contributed by atoms with Crippen LogP contribution in [0.3, 0.4) is 0 Å². The molecule has 2 rings (SSSR count). The molecule has 0 radical (unpaired) electrons. The number of aliphatic carboxylic acids is 1. The van der Waals surface area contributed by atoms with E-state index in [1.54, 1.807) is 0 Å². The van der Waals surface area contributed by atoms with Gasteiger partial charge in [0.25, 0.3) is 0 Å². The van der Waals surface area contributed by atoms with E-state index >= 15 is 0 Å². The van der Waals surface area contributed by atoms with Crippen LogP contribution in [-0.2, 0) is 10.2 Å². The number of hydrogen-bond donors (Lipinski definition) is 2. The first kappa shape index (κ1) is 13.6. The molecular formula is C14H17FO4. The second-order valence-corrected chi connectivity index (χ2v) is 5.06. The van der Waals surface area contributed by atoms with Crippen molar-refractivity contribution < 1.29 is 24.1 Å². The summed E-state index contributed by atoms with van der Waals surface area (Å²) in [7, 11) is 1.33. The molecule has 5 heteroatoms. The molecule has 0 amide bonds. The number of carbonyl (C=O) groups is 1. The molecule has 2 N–H and O–H groups in total. The molecule has 0 spiro atoms. The molecule has 1 aromatic carbocycles. The molecule has 0 atom stereocenters. The average Bonchev–Trinajstić information content (AvgIpc) is 2.30. The predicted octanol–water partition coefficient (Wildman–Crippen LogP) is 2.66. The van der Waals surface area contributed by atoms with Gasteiger partial charge in [0.05, 0.1) is 12.5 Å². The summed E-state index contributed by atoms with van der Waals surface area (Å²) in [4.78, 5) is 11.5. The monoisotopic (exact) mass is 268 g/mol. The zero-order chi connectivity index (χ0) is 14.4. The number of phenolic OH excluding ortho intramolecular Hbond substituents is 1. The summed E-state index contributed by atoms with van der Waals surface area (Å²) in [5.41, 5.74) is -0.638. The molecule has 0 aromatic heterocycles. The number of aromatic hydroxyl groups is 1. The molecule has 19 heavy (non-hydrogen) atoms. The van der Waals surface area contributed by atoms with Crippen LogP contribution in [0.1, 0.15) is 36.0 Å². The molecule has 1 aromatic rings. The molecule has 0 aliphatic heterocycles. The SMILES string of the molecule is COc1c(C)c(F)c(C)c(C2(C(=O)O)CCC2)c1O. The number of rotatable bonds is 3. The predicted molar refractivity (Wildman–Crippen MR) is 67.3 cm³/mol. The first-order valence-electron chi connectivity index (χ1n) is 6.16. The lowest BCUT2D eigenvalue weighted by Gasteiger charge is -2.39. The van der Waals surface area contributed by atoms with E-state index < -0.39 is 17.2 Å². The van der Waals surface area contributed by atoms with E-state index in [-0.39, 0.29) is 28.2 Å². The lowest BCUT2D eigenvalue weighted by atomic mass is 9.63. The highest BCUT2D eigenvalue weighted by atomic mass is 19.1. The zero-order valence-corrected chi connectivity index (χ0v) is 11.2. The standard InChI is InChI=1S/C14H17FO4/c1-7-9(14(13(17)18)5-4-6-14)11(16)12(19-3)8(2)10(7)15/h16H,4-6H2,1-3H3,(H,17,18). The van der Waals surface area contributed by atoms with Crippen molar-refractivity contribution in [2.45, 2.75) is 38.5 Å². The Morgan fingerprint density at radius 2 is 1.89 bits per heavy atom. The first-order chi connectivity index (χ1) is 8.86. The maximum Gasteiger partial charge on any atom is 0.314 e. The number of hydrogen-bond acceptors (Lipinski definition) is 3. The fourth-order valence-corrected chi connectivity index (χ4v) is 2.90. The highest BCUT2D eigenvalue weighted by Crippen LogP contribution is 2.52. The van der Waals surface area contributed by atoms with Crippen molar-refractivity contribution in [3.63, 3.8) is 0 Å². The Morgan fingerprint density at radius 1 is 1.32 bits per heavy atom. The van der Waals surface area contributed by atoms with Crippen molar-refractivity contribution >= 4 is 5.97 Å². The third-order valence-corrected chi connectivity index (χ3v) is 4.13. The van der Waals surface area contributed by atoms with Crippen LogP contribution in [0.2, 0.25) is 0 Å². The molecule has 1 saturated carbocycles. The Morgan fingerprint density at radius 3 is 2.26 bits per heavy atom. The van der Waals surface area contributed by atoms with Crippen molar-refractivity contribution in [2.24, 2.45) is 0 Å². The number of carboxylic acid groups (broad SMARTS) is 1. The van der Waals surface area contributed by atoms with Crippen LogP contribution in [0.4, 0.5) is 4.39 Å². The summed E-state index contributed by atoms with van der Waals surface area (Å²) < 4.78 is 19.2. The van der Waals surface area contributed by atoms with Crippen LogP contribution in [0.25, 0.3) is 0 Å². The molecule has 0 bridgehead atoms. The Labute approximate surface area is 110 Å². The Bertz CT molecular complexity index is 547. The van der Waals surface area contributed by atoms with Crippen LogP contribution in [0.15, 0.2) is 0 Å². The quantitative estimate of drug-likeness (QED) is 0.884. The minimum atomic E-state index is -1.18. The molecule has 1 fully saturated rings. The maximum absolute atomic E-state index is 14.2. The van der Waals surface area contributed by atoms with Gasteiger partial charge in [0.1, 0.15) is 5.82 Å². The number of benzene rings is 1. The van der Waals surface area contributed by atoms with Gasteiger partial charge in [-0.05, 0) is 32.3 Å². The van der Waals surface area contributed by atoms with Crippen LogP contribution >= 0.6 is 0 Å². The molecule has 1 aliphatic carbocycles. The van der Waals surface area contributed by atoms with Crippen LogP contribution in [-0.4, -0.2) is 23.3 Å². The second-order valence-electron chi connectivity index (χ2n) is 5.06. The van der Waals surface area contributed by atoms with E-state index in [0.29, 0.717) is 12.8 Å².